The van der Waals surface area contributed by atoms with Crippen LogP contribution in [0.2, 0.25) is 0 Å². The van der Waals surface area contributed by atoms with Gasteiger partial charge in [0.25, 0.3) is 0 Å². The van der Waals surface area contributed by atoms with E-state index in [1.54, 1.807) is 11.2 Å². The summed E-state index contributed by atoms with van der Waals surface area (Å²) >= 11 is 0. The zero-order valence-electron chi connectivity index (χ0n) is 13.1. The highest BCUT2D eigenvalue weighted by Crippen LogP contribution is 2.33. The van der Waals surface area contributed by atoms with Crippen LogP contribution in [-0.2, 0) is 16.6 Å². The summed E-state index contributed by atoms with van der Waals surface area (Å²) in [6.07, 6.45) is 3.84. The van der Waals surface area contributed by atoms with Gasteiger partial charge in [0.15, 0.2) is 0 Å². The van der Waals surface area contributed by atoms with Crippen molar-refractivity contribution >= 4 is 10.0 Å². The molecule has 1 aliphatic carbocycles. The number of nitrogens with one attached hydrogen (secondary N) is 2. The van der Waals surface area contributed by atoms with Gasteiger partial charge in [0.05, 0.1) is 11.4 Å². The summed E-state index contributed by atoms with van der Waals surface area (Å²) < 4.78 is 27.7. The Morgan fingerprint density at radius 2 is 2.10 bits per heavy atom. The van der Waals surface area contributed by atoms with Crippen molar-refractivity contribution in [2.75, 3.05) is 13.1 Å². The molecule has 120 valence electrons. The van der Waals surface area contributed by atoms with Crippen LogP contribution in [0.3, 0.4) is 0 Å². The van der Waals surface area contributed by atoms with E-state index >= 15 is 0 Å². The number of hydrogen-bond donors (Lipinski definition) is 2. The van der Waals surface area contributed by atoms with Crippen LogP contribution in [0.25, 0.3) is 0 Å². The third kappa shape index (κ3) is 3.64. The van der Waals surface area contributed by atoms with E-state index in [0.717, 1.165) is 32.2 Å². The van der Waals surface area contributed by atoms with Crippen molar-refractivity contribution in [2.45, 2.75) is 63.9 Å². The molecule has 1 saturated carbocycles. The van der Waals surface area contributed by atoms with E-state index in [0.29, 0.717) is 29.4 Å². The second kappa shape index (κ2) is 6.89. The molecule has 1 aromatic rings. The first-order valence-corrected chi connectivity index (χ1v) is 9.22. The summed E-state index contributed by atoms with van der Waals surface area (Å²) in [5.74, 6) is 0. The highest BCUT2D eigenvalue weighted by atomic mass is 32.2. The van der Waals surface area contributed by atoms with E-state index in [1.807, 2.05) is 6.92 Å². The Labute approximate surface area is 127 Å². The molecule has 0 amide bonds. The topological polar surface area (TPSA) is 78.1 Å². The van der Waals surface area contributed by atoms with Gasteiger partial charge in [-0.2, -0.15) is 9.40 Å². The van der Waals surface area contributed by atoms with E-state index < -0.39 is 10.0 Å². The lowest BCUT2D eigenvalue weighted by Crippen LogP contribution is -2.35. The van der Waals surface area contributed by atoms with Crippen LogP contribution in [0.4, 0.5) is 0 Å². The average molecular weight is 314 g/mol. The maximum atomic E-state index is 13.0. The van der Waals surface area contributed by atoms with Crippen LogP contribution in [0.1, 0.15) is 50.9 Å². The smallest absolute Gasteiger partial charge is 0.247 e. The van der Waals surface area contributed by atoms with Gasteiger partial charge in [-0.25, -0.2) is 8.42 Å². The predicted molar refractivity (Wildman–Crippen MR) is 82.5 cm³/mol. The van der Waals surface area contributed by atoms with Crippen LogP contribution < -0.4 is 5.32 Å². The first-order valence-electron chi connectivity index (χ1n) is 7.78. The fourth-order valence-electron chi connectivity index (χ4n) is 2.47. The molecular formula is C14H26N4O2S. The maximum Gasteiger partial charge on any atom is 0.247 e. The van der Waals surface area contributed by atoms with Crippen molar-refractivity contribution in [3.8, 4) is 0 Å². The Morgan fingerprint density at radius 1 is 1.38 bits per heavy atom. The molecule has 21 heavy (non-hydrogen) atoms. The van der Waals surface area contributed by atoms with Gasteiger partial charge in [0.2, 0.25) is 10.0 Å². The lowest BCUT2D eigenvalue weighted by Gasteiger charge is -2.22. The van der Waals surface area contributed by atoms with Crippen molar-refractivity contribution < 1.29 is 8.42 Å². The Balaban J connectivity index is 2.30. The molecule has 0 saturated heterocycles. The lowest BCUT2D eigenvalue weighted by molar-refractivity contribution is 0.395. The fourth-order valence-corrected chi connectivity index (χ4v) is 4.52. The summed E-state index contributed by atoms with van der Waals surface area (Å²) in [6.45, 7) is 7.72. The lowest BCUT2D eigenvalue weighted by atomic mass is 10.3. The van der Waals surface area contributed by atoms with E-state index in [2.05, 4.69) is 22.4 Å². The van der Waals surface area contributed by atoms with Crippen molar-refractivity contribution in [3.63, 3.8) is 0 Å². The van der Waals surface area contributed by atoms with E-state index in [1.165, 1.54) is 0 Å². The number of aromatic nitrogens is 2. The summed E-state index contributed by atoms with van der Waals surface area (Å²) in [6, 6.07) is 0.183. The molecule has 0 spiro atoms. The first-order chi connectivity index (χ1) is 10.0. The van der Waals surface area contributed by atoms with Gasteiger partial charge in [-0.05, 0) is 32.7 Å². The zero-order chi connectivity index (χ0) is 15.5. The largest absolute Gasteiger partial charge is 0.311 e. The minimum Gasteiger partial charge on any atom is -0.311 e. The van der Waals surface area contributed by atoms with Crippen LogP contribution in [-0.4, -0.2) is 42.1 Å². The summed E-state index contributed by atoms with van der Waals surface area (Å²) in [4.78, 5) is 0.367. The van der Waals surface area contributed by atoms with Crippen molar-refractivity contribution in [1.82, 2.24) is 19.8 Å². The third-order valence-electron chi connectivity index (χ3n) is 3.76. The number of hydrogen-bond acceptors (Lipinski definition) is 4. The molecule has 2 N–H and O–H groups in total. The normalized spacial score (nSPS) is 15.8. The van der Waals surface area contributed by atoms with E-state index in [-0.39, 0.29) is 6.04 Å². The van der Waals surface area contributed by atoms with E-state index in [9.17, 15) is 8.42 Å². The fraction of sp³-hybridized carbons (Fsp3) is 0.786. The zero-order valence-corrected chi connectivity index (χ0v) is 14.0. The van der Waals surface area contributed by atoms with Gasteiger partial charge in [0, 0.05) is 19.1 Å². The number of H-pyrrole nitrogens is 1. The molecule has 0 aromatic carbocycles. The monoisotopic (exact) mass is 314 g/mol. The molecule has 1 heterocycles. The quantitative estimate of drug-likeness (QED) is 0.728. The molecule has 0 atom stereocenters. The van der Waals surface area contributed by atoms with Crippen molar-refractivity contribution in [1.29, 1.82) is 0 Å². The van der Waals surface area contributed by atoms with Crippen molar-refractivity contribution in [3.05, 3.63) is 11.4 Å². The molecule has 0 aliphatic heterocycles. The van der Waals surface area contributed by atoms with Gasteiger partial charge in [0.1, 0.15) is 4.90 Å². The molecule has 1 fully saturated rings. The molecule has 0 bridgehead atoms. The number of nitrogens with zero attached hydrogens (tertiary/aromatic N) is 2. The van der Waals surface area contributed by atoms with Gasteiger partial charge in [-0.15, -0.1) is 0 Å². The highest BCUT2D eigenvalue weighted by molar-refractivity contribution is 7.89. The van der Waals surface area contributed by atoms with E-state index in [4.69, 9.17) is 0 Å². The number of sulfonamides is 1. The summed E-state index contributed by atoms with van der Waals surface area (Å²) in [5, 5.41) is 10.1. The molecule has 0 unspecified atom stereocenters. The van der Waals surface area contributed by atoms with Gasteiger partial charge in [-0.1, -0.05) is 20.3 Å². The van der Waals surface area contributed by atoms with Crippen molar-refractivity contribution in [2.24, 2.45) is 0 Å². The molecule has 2 rings (SSSR count). The Morgan fingerprint density at radius 3 is 2.67 bits per heavy atom. The maximum absolute atomic E-state index is 13.0. The van der Waals surface area contributed by atoms with Gasteiger partial charge < -0.3 is 5.32 Å². The average Bonchev–Trinajstić information content (AvgIpc) is 3.19. The molecular weight excluding hydrogens is 288 g/mol. The Kier molecular flexibility index (Phi) is 5.40. The number of aryl methyl sites for hydroxylation is 1. The van der Waals surface area contributed by atoms with Crippen LogP contribution in [0.15, 0.2) is 4.90 Å². The summed E-state index contributed by atoms with van der Waals surface area (Å²) in [5.41, 5.74) is 1.22. The molecule has 1 aromatic heterocycles. The van der Waals surface area contributed by atoms with Gasteiger partial charge in [-0.3, -0.25) is 5.10 Å². The second-order valence-electron chi connectivity index (χ2n) is 5.61. The molecule has 7 heteroatoms. The second-order valence-corrected chi connectivity index (χ2v) is 7.43. The molecule has 0 radical (unpaired) electrons. The predicted octanol–water partition coefficient (Wildman–Crippen LogP) is 1.78. The highest BCUT2D eigenvalue weighted by Gasteiger charge is 2.39. The first kappa shape index (κ1) is 16.5. The molecule has 1 aliphatic rings. The standard InChI is InChI=1S/C14H26N4O2S/c1-4-6-9-18(12-7-8-12)21(19,20)14-11(3)16-17-13(14)10-15-5-2/h12,15H,4-10H2,1-3H3,(H,16,17). The SMILES string of the molecule is CCCCN(C1CC1)S(=O)(=O)c1c(CNCC)n[nH]c1C. The molecule has 6 nitrogen and oxygen atoms in total. The Hall–Kier alpha value is -0.920. The number of aromatic amines is 1. The summed E-state index contributed by atoms with van der Waals surface area (Å²) in [7, 11) is -3.46. The Bertz CT molecular complexity index is 564. The van der Waals surface area contributed by atoms with Crippen LogP contribution in [0, 0.1) is 6.92 Å². The van der Waals surface area contributed by atoms with Crippen LogP contribution >= 0.6 is 0 Å². The van der Waals surface area contributed by atoms with Crippen LogP contribution in [0.5, 0.6) is 0 Å². The van der Waals surface area contributed by atoms with Gasteiger partial charge >= 0.3 is 0 Å². The number of rotatable bonds is 9. The minimum absolute atomic E-state index is 0.183. The third-order valence-corrected chi connectivity index (χ3v) is 5.91. The number of unbranched alkanes of at least 4 members (excludes halogenated alkanes) is 1. The minimum atomic E-state index is -3.46.